The molecule has 2 saturated heterocycles. The number of Topliss-reactive ketones (excluding diaryl/α,β-unsaturated/α-hetero) is 1. The number of urea groups is 1. The Labute approximate surface area is 218 Å². The summed E-state index contributed by atoms with van der Waals surface area (Å²) < 4.78 is 13.3. The molecule has 4 rings (SSSR count). The van der Waals surface area contributed by atoms with E-state index in [0.29, 0.717) is 36.6 Å². The van der Waals surface area contributed by atoms with Gasteiger partial charge >= 0.3 is 6.03 Å². The second kappa shape index (κ2) is 11.9. The van der Waals surface area contributed by atoms with Crippen LogP contribution in [0.1, 0.15) is 54.9 Å². The lowest BCUT2D eigenvalue weighted by molar-refractivity contribution is -0.135. The van der Waals surface area contributed by atoms with Crippen molar-refractivity contribution in [2.45, 2.75) is 51.0 Å². The van der Waals surface area contributed by atoms with Crippen molar-refractivity contribution in [3.8, 4) is 0 Å². The molecule has 0 radical (unpaired) electrons. The zero-order valence-corrected chi connectivity index (χ0v) is 21.8. The van der Waals surface area contributed by atoms with E-state index < -0.39 is 5.54 Å². The first kappa shape index (κ1) is 26.8. The van der Waals surface area contributed by atoms with E-state index in [2.05, 4.69) is 15.5 Å². The standard InChI is InChI=1S/C29H37FN4O3/c1-21(35)24-6-3-7-26(18-24)31-28(37)32-29(12-15-33(2)16-13-29)19-27(36)34-14-4-5-23(20-34)17-22-8-10-25(30)11-9-22/h3,6-11,18,23H,4-5,12-17,19-20H2,1-2H3,(H2,31,32,37). The van der Waals surface area contributed by atoms with Gasteiger partial charge in [0.1, 0.15) is 5.82 Å². The number of halogens is 1. The number of carbonyl (C=O) groups excluding carboxylic acids is 3. The molecule has 2 aromatic carbocycles. The maximum Gasteiger partial charge on any atom is 0.319 e. The topological polar surface area (TPSA) is 81.8 Å². The van der Waals surface area contributed by atoms with Crippen molar-refractivity contribution >= 4 is 23.4 Å². The zero-order valence-electron chi connectivity index (χ0n) is 21.8. The van der Waals surface area contributed by atoms with Gasteiger partial charge < -0.3 is 20.4 Å². The van der Waals surface area contributed by atoms with E-state index >= 15 is 0 Å². The summed E-state index contributed by atoms with van der Waals surface area (Å²) in [7, 11) is 2.05. The van der Waals surface area contributed by atoms with Gasteiger partial charge in [0, 0.05) is 37.4 Å². The Morgan fingerprint density at radius 2 is 1.78 bits per heavy atom. The first-order valence-electron chi connectivity index (χ1n) is 13.1. The molecular weight excluding hydrogens is 471 g/mol. The Morgan fingerprint density at radius 3 is 2.49 bits per heavy atom. The predicted molar refractivity (Wildman–Crippen MR) is 142 cm³/mol. The van der Waals surface area contributed by atoms with Crippen LogP contribution in [0.25, 0.3) is 0 Å². The van der Waals surface area contributed by atoms with Gasteiger partial charge in [0.15, 0.2) is 5.78 Å². The fraction of sp³-hybridized carbons (Fsp3) is 0.483. The predicted octanol–water partition coefficient (Wildman–Crippen LogP) is 4.49. The van der Waals surface area contributed by atoms with Crippen LogP contribution in [-0.2, 0) is 11.2 Å². The fourth-order valence-electron chi connectivity index (χ4n) is 5.42. The summed E-state index contributed by atoms with van der Waals surface area (Å²) in [6.07, 6.45) is 4.42. The van der Waals surface area contributed by atoms with E-state index in [9.17, 15) is 18.8 Å². The number of carbonyl (C=O) groups is 3. The number of hydrogen-bond donors (Lipinski definition) is 2. The molecule has 7 nitrogen and oxygen atoms in total. The number of likely N-dealkylation sites (tertiary alicyclic amines) is 2. The minimum Gasteiger partial charge on any atom is -0.342 e. The number of hydrogen-bond acceptors (Lipinski definition) is 4. The minimum absolute atomic E-state index is 0.0623. The molecule has 2 aromatic rings. The van der Waals surface area contributed by atoms with E-state index in [1.54, 1.807) is 24.3 Å². The van der Waals surface area contributed by atoms with Crippen LogP contribution in [-0.4, -0.2) is 66.3 Å². The highest BCUT2D eigenvalue weighted by atomic mass is 19.1. The molecule has 1 atom stereocenters. The van der Waals surface area contributed by atoms with Crippen LogP contribution in [0, 0.1) is 11.7 Å². The van der Waals surface area contributed by atoms with Crippen LogP contribution in [0.3, 0.4) is 0 Å². The second-order valence-electron chi connectivity index (χ2n) is 10.7. The van der Waals surface area contributed by atoms with Gasteiger partial charge in [-0.1, -0.05) is 24.3 Å². The molecule has 2 fully saturated rings. The Hall–Kier alpha value is -3.26. The Bertz CT molecular complexity index is 1110. The molecular formula is C29H37FN4O3. The van der Waals surface area contributed by atoms with Crippen molar-refractivity contribution in [2.75, 3.05) is 38.5 Å². The van der Waals surface area contributed by atoms with E-state index in [0.717, 1.165) is 44.5 Å². The van der Waals surface area contributed by atoms with Gasteiger partial charge in [-0.3, -0.25) is 9.59 Å². The summed E-state index contributed by atoms with van der Waals surface area (Å²) in [4.78, 5) is 42.4. The smallest absolute Gasteiger partial charge is 0.319 e. The highest BCUT2D eigenvalue weighted by Gasteiger charge is 2.39. The summed E-state index contributed by atoms with van der Waals surface area (Å²) in [6.45, 7) is 4.47. The average molecular weight is 509 g/mol. The molecule has 8 heteroatoms. The van der Waals surface area contributed by atoms with Crippen LogP contribution in [0.5, 0.6) is 0 Å². The molecule has 3 amide bonds. The normalized spacial score (nSPS) is 19.8. The average Bonchev–Trinajstić information content (AvgIpc) is 2.87. The summed E-state index contributed by atoms with van der Waals surface area (Å²) >= 11 is 0. The summed E-state index contributed by atoms with van der Waals surface area (Å²) in [5.74, 6) is 0.0880. The molecule has 0 aromatic heterocycles. The number of nitrogens with one attached hydrogen (secondary N) is 2. The van der Waals surface area contributed by atoms with Gasteiger partial charge in [-0.2, -0.15) is 0 Å². The quantitative estimate of drug-likeness (QED) is 0.540. The molecule has 2 heterocycles. The Balaban J connectivity index is 1.40. The van der Waals surface area contributed by atoms with Gasteiger partial charge in [0.25, 0.3) is 0 Å². The first-order chi connectivity index (χ1) is 17.7. The SMILES string of the molecule is CC(=O)c1cccc(NC(=O)NC2(CC(=O)N3CCCC(Cc4ccc(F)cc4)C3)CCN(C)CC2)c1. The van der Waals surface area contributed by atoms with Crippen LogP contribution in [0.15, 0.2) is 48.5 Å². The number of nitrogens with zero attached hydrogens (tertiary/aromatic N) is 2. The lowest BCUT2D eigenvalue weighted by atomic mass is 9.83. The zero-order chi connectivity index (χ0) is 26.4. The molecule has 2 N–H and O–H groups in total. The Morgan fingerprint density at radius 1 is 1.05 bits per heavy atom. The largest absolute Gasteiger partial charge is 0.342 e. The third-order valence-electron chi connectivity index (χ3n) is 7.65. The number of benzene rings is 2. The van der Waals surface area contributed by atoms with E-state index in [-0.39, 0.29) is 30.0 Å². The summed E-state index contributed by atoms with van der Waals surface area (Å²) in [5, 5.41) is 5.98. The van der Waals surface area contributed by atoms with Crippen LogP contribution in [0.2, 0.25) is 0 Å². The molecule has 198 valence electrons. The minimum atomic E-state index is -0.629. The Kier molecular flexibility index (Phi) is 8.59. The number of piperidine rings is 2. The van der Waals surface area contributed by atoms with Crippen molar-refractivity contribution in [1.29, 1.82) is 0 Å². The maximum absolute atomic E-state index is 13.5. The van der Waals surface area contributed by atoms with E-state index in [4.69, 9.17) is 0 Å². The van der Waals surface area contributed by atoms with Crippen LogP contribution >= 0.6 is 0 Å². The third-order valence-corrected chi connectivity index (χ3v) is 7.65. The highest BCUT2D eigenvalue weighted by Crippen LogP contribution is 2.29. The molecule has 1 unspecified atom stereocenters. The molecule has 37 heavy (non-hydrogen) atoms. The lowest BCUT2D eigenvalue weighted by Gasteiger charge is -2.42. The van der Waals surface area contributed by atoms with Gasteiger partial charge in [-0.05, 0) is 81.8 Å². The van der Waals surface area contributed by atoms with E-state index in [1.165, 1.54) is 19.1 Å². The summed E-state index contributed by atoms with van der Waals surface area (Å²) in [6, 6.07) is 13.1. The number of amides is 3. The van der Waals surface area contributed by atoms with Crippen molar-refractivity contribution in [3.63, 3.8) is 0 Å². The monoisotopic (exact) mass is 508 g/mol. The number of rotatable bonds is 7. The number of anilines is 1. The molecule has 0 spiro atoms. The molecule has 2 aliphatic heterocycles. The molecule has 2 aliphatic rings. The van der Waals surface area contributed by atoms with Gasteiger partial charge in [0.05, 0.1) is 12.0 Å². The van der Waals surface area contributed by atoms with Crippen molar-refractivity contribution < 1.29 is 18.8 Å². The summed E-state index contributed by atoms with van der Waals surface area (Å²) in [5.41, 5.74) is 1.52. The van der Waals surface area contributed by atoms with Crippen molar-refractivity contribution in [3.05, 3.63) is 65.5 Å². The fourth-order valence-corrected chi connectivity index (χ4v) is 5.42. The third kappa shape index (κ3) is 7.38. The van der Waals surface area contributed by atoms with Crippen LogP contribution < -0.4 is 10.6 Å². The van der Waals surface area contributed by atoms with Gasteiger partial charge in [-0.15, -0.1) is 0 Å². The number of ketones is 1. The first-order valence-corrected chi connectivity index (χ1v) is 13.1. The van der Waals surface area contributed by atoms with Gasteiger partial charge in [-0.25, -0.2) is 9.18 Å². The van der Waals surface area contributed by atoms with Crippen molar-refractivity contribution in [1.82, 2.24) is 15.1 Å². The van der Waals surface area contributed by atoms with Crippen molar-refractivity contribution in [2.24, 2.45) is 5.92 Å². The molecule has 0 saturated carbocycles. The van der Waals surface area contributed by atoms with Gasteiger partial charge in [0.2, 0.25) is 5.91 Å². The second-order valence-corrected chi connectivity index (χ2v) is 10.7. The molecule has 0 aliphatic carbocycles. The van der Waals surface area contributed by atoms with Crippen LogP contribution in [0.4, 0.5) is 14.9 Å². The van der Waals surface area contributed by atoms with E-state index in [1.807, 2.05) is 24.1 Å². The lowest BCUT2D eigenvalue weighted by Crippen LogP contribution is -2.58. The highest BCUT2D eigenvalue weighted by molar-refractivity contribution is 5.97. The molecule has 0 bridgehead atoms. The maximum atomic E-state index is 13.5.